The number of hydrogen-bond acceptors (Lipinski definition) is 2. The second kappa shape index (κ2) is 7.58. The van der Waals surface area contributed by atoms with Crippen LogP contribution in [-0.2, 0) is 11.3 Å². The Labute approximate surface area is 136 Å². The van der Waals surface area contributed by atoms with Crippen LogP contribution in [0.1, 0.15) is 46.3 Å². The van der Waals surface area contributed by atoms with Crippen LogP contribution in [0.25, 0.3) is 0 Å². The van der Waals surface area contributed by atoms with Crippen LogP contribution in [0.5, 0.6) is 0 Å². The normalized spacial score (nSPS) is 11.7. The average molecular weight is 311 g/mol. The van der Waals surface area contributed by atoms with Gasteiger partial charge in [0.2, 0.25) is 5.91 Å². The van der Waals surface area contributed by atoms with Gasteiger partial charge < -0.3 is 10.4 Å². The van der Waals surface area contributed by atoms with E-state index in [0.29, 0.717) is 13.0 Å². The molecule has 2 rings (SSSR count). The van der Waals surface area contributed by atoms with Gasteiger partial charge in [-0.25, -0.2) is 4.79 Å². The second-order valence-corrected chi connectivity index (χ2v) is 5.74. The molecule has 0 aliphatic heterocycles. The van der Waals surface area contributed by atoms with Gasteiger partial charge in [-0.2, -0.15) is 0 Å². The van der Waals surface area contributed by atoms with Crippen molar-refractivity contribution in [2.45, 2.75) is 32.7 Å². The van der Waals surface area contributed by atoms with Crippen LogP contribution in [0.15, 0.2) is 48.5 Å². The van der Waals surface area contributed by atoms with Crippen molar-refractivity contribution in [1.29, 1.82) is 0 Å². The minimum Gasteiger partial charge on any atom is -0.478 e. The summed E-state index contributed by atoms with van der Waals surface area (Å²) in [6, 6.07) is 14.6. The SMILES string of the molecule is Cc1ccccc1C(C)CC(=O)NCc1ccc(C(=O)O)cc1. The van der Waals surface area contributed by atoms with E-state index in [4.69, 9.17) is 5.11 Å². The molecule has 4 nitrogen and oxygen atoms in total. The molecule has 0 aliphatic rings. The Kier molecular flexibility index (Phi) is 5.52. The first-order chi connectivity index (χ1) is 11.0. The third kappa shape index (κ3) is 4.68. The monoisotopic (exact) mass is 311 g/mol. The number of aromatic carboxylic acids is 1. The van der Waals surface area contributed by atoms with Crippen LogP contribution >= 0.6 is 0 Å². The first kappa shape index (κ1) is 16.7. The van der Waals surface area contributed by atoms with E-state index in [-0.39, 0.29) is 17.4 Å². The molecule has 2 aromatic carbocycles. The Morgan fingerprint density at radius 2 is 1.74 bits per heavy atom. The maximum absolute atomic E-state index is 12.1. The van der Waals surface area contributed by atoms with E-state index < -0.39 is 5.97 Å². The standard InChI is InChI=1S/C19H21NO3/c1-13-5-3-4-6-17(13)14(2)11-18(21)20-12-15-7-9-16(10-8-15)19(22)23/h3-10,14H,11-12H2,1-2H3,(H,20,21)(H,22,23). The quantitative estimate of drug-likeness (QED) is 0.858. The zero-order valence-electron chi connectivity index (χ0n) is 13.4. The topological polar surface area (TPSA) is 66.4 Å². The van der Waals surface area contributed by atoms with Crippen LogP contribution < -0.4 is 5.32 Å². The summed E-state index contributed by atoms with van der Waals surface area (Å²) < 4.78 is 0. The number of rotatable bonds is 6. The lowest BCUT2D eigenvalue weighted by Gasteiger charge is -2.14. The number of amides is 1. The predicted octanol–water partition coefficient (Wildman–Crippen LogP) is 3.50. The van der Waals surface area contributed by atoms with Crippen LogP contribution in [0.3, 0.4) is 0 Å². The zero-order valence-corrected chi connectivity index (χ0v) is 13.4. The Morgan fingerprint density at radius 3 is 2.35 bits per heavy atom. The number of carbonyl (C=O) groups is 2. The highest BCUT2D eigenvalue weighted by Crippen LogP contribution is 2.22. The van der Waals surface area contributed by atoms with Gasteiger partial charge in [-0.05, 0) is 41.7 Å². The molecular weight excluding hydrogens is 290 g/mol. The Bertz CT molecular complexity index is 692. The Balaban J connectivity index is 1.87. The van der Waals surface area contributed by atoms with Crippen LogP contribution in [0.2, 0.25) is 0 Å². The molecular formula is C19H21NO3. The summed E-state index contributed by atoms with van der Waals surface area (Å²) in [4.78, 5) is 22.9. The van der Waals surface area contributed by atoms with E-state index in [0.717, 1.165) is 5.56 Å². The molecule has 1 unspecified atom stereocenters. The molecule has 0 saturated heterocycles. The first-order valence-electron chi connectivity index (χ1n) is 7.62. The van der Waals surface area contributed by atoms with E-state index in [2.05, 4.69) is 11.4 Å². The summed E-state index contributed by atoms with van der Waals surface area (Å²) in [7, 11) is 0. The third-order valence-corrected chi connectivity index (χ3v) is 3.90. The number of carboxylic acids is 1. The fraction of sp³-hybridized carbons (Fsp3) is 0.263. The number of nitrogens with one attached hydrogen (secondary N) is 1. The number of aryl methyl sites for hydroxylation is 1. The lowest BCUT2D eigenvalue weighted by atomic mass is 9.93. The molecule has 23 heavy (non-hydrogen) atoms. The molecule has 2 N–H and O–H groups in total. The molecule has 1 atom stereocenters. The van der Waals surface area contributed by atoms with Gasteiger partial charge in [-0.3, -0.25) is 4.79 Å². The Morgan fingerprint density at radius 1 is 1.09 bits per heavy atom. The van der Waals surface area contributed by atoms with Crippen molar-refractivity contribution in [2.75, 3.05) is 0 Å². The van der Waals surface area contributed by atoms with Gasteiger partial charge in [0.25, 0.3) is 0 Å². The smallest absolute Gasteiger partial charge is 0.335 e. The Hall–Kier alpha value is -2.62. The van der Waals surface area contributed by atoms with Crippen molar-refractivity contribution < 1.29 is 14.7 Å². The maximum atomic E-state index is 12.1. The minimum absolute atomic E-state index is 0.0111. The number of carboxylic acid groups (broad SMARTS) is 1. The zero-order chi connectivity index (χ0) is 16.8. The molecule has 0 fully saturated rings. The van der Waals surface area contributed by atoms with E-state index in [9.17, 15) is 9.59 Å². The highest BCUT2D eigenvalue weighted by molar-refractivity contribution is 5.87. The molecule has 1 amide bonds. The lowest BCUT2D eigenvalue weighted by molar-refractivity contribution is -0.121. The van der Waals surface area contributed by atoms with Crippen molar-refractivity contribution in [3.63, 3.8) is 0 Å². The molecule has 0 aliphatic carbocycles. The highest BCUT2D eigenvalue weighted by atomic mass is 16.4. The van der Waals surface area contributed by atoms with E-state index in [1.807, 2.05) is 32.0 Å². The van der Waals surface area contributed by atoms with Crippen LogP contribution in [0, 0.1) is 6.92 Å². The minimum atomic E-state index is -0.951. The lowest BCUT2D eigenvalue weighted by Crippen LogP contribution is -2.24. The molecule has 0 saturated carbocycles. The molecule has 120 valence electrons. The number of carbonyl (C=O) groups excluding carboxylic acids is 1. The van der Waals surface area contributed by atoms with Crippen molar-refractivity contribution in [3.8, 4) is 0 Å². The molecule has 0 radical (unpaired) electrons. The maximum Gasteiger partial charge on any atom is 0.335 e. The van der Waals surface area contributed by atoms with Gasteiger partial charge in [-0.15, -0.1) is 0 Å². The summed E-state index contributed by atoms with van der Waals surface area (Å²) in [5.41, 5.74) is 3.51. The van der Waals surface area contributed by atoms with Crippen molar-refractivity contribution in [3.05, 3.63) is 70.8 Å². The average Bonchev–Trinajstić information content (AvgIpc) is 2.53. The molecule has 2 aromatic rings. The van der Waals surface area contributed by atoms with Crippen LogP contribution in [-0.4, -0.2) is 17.0 Å². The van der Waals surface area contributed by atoms with E-state index >= 15 is 0 Å². The van der Waals surface area contributed by atoms with Crippen molar-refractivity contribution in [2.24, 2.45) is 0 Å². The summed E-state index contributed by atoms with van der Waals surface area (Å²) >= 11 is 0. The van der Waals surface area contributed by atoms with Gasteiger partial charge >= 0.3 is 5.97 Å². The fourth-order valence-corrected chi connectivity index (χ4v) is 2.57. The van der Waals surface area contributed by atoms with Gasteiger partial charge in [0.15, 0.2) is 0 Å². The van der Waals surface area contributed by atoms with Crippen molar-refractivity contribution >= 4 is 11.9 Å². The highest BCUT2D eigenvalue weighted by Gasteiger charge is 2.12. The molecule has 4 heteroatoms. The van der Waals surface area contributed by atoms with Gasteiger partial charge in [0.1, 0.15) is 0 Å². The third-order valence-electron chi connectivity index (χ3n) is 3.90. The second-order valence-electron chi connectivity index (χ2n) is 5.74. The first-order valence-corrected chi connectivity index (χ1v) is 7.62. The fourth-order valence-electron chi connectivity index (χ4n) is 2.57. The summed E-state index contributed by atoms with van der Waals surface area (Å²) in [6.07, 6.45) is 0.429. The van der Waals surface area contributed by atoms with E-state index in [1.54, 1.807) is 24.3 Å². The van der Waals surface area contributed by atoms with Crippen LogP contribution in [0.4, 0.5) is 0 Å². The summed E-state index contributed by atoms with van der Waals surface area (Å²) in [5, 5.41) is 11.7. The molecule has 0 aromatic heterocycles. The van der Waals surface area contributed by atoms with Crippen molar-refractivity contribution in [1.82, 2.24) is 5.32 Å². The number of benzene rings is 2. The summed E-state index contributed by atoms with van der Waals surface area (Å²) in [6.45, 7) is 4.50. The number of hydrogen-bond donors (Lipinski definition) is 2. The molecule has 0 heterocycles. The molecule has 0 spiro atoms. The predicted molar refractivity (Wildman–Crippen MR) is 89.5 cm³/mol. The van der Waals surface area contributed by atoms with E-state index in [1.165, 1.54) is 11.1 Å². The molecule has 0 bridgehead atoms. The van der Waals surface area contributed by atoms with Gasteiger partial charge in [0.05, 0.1) is 5.56 Å². The van der Waals surface area contributed by atoms with Gasteiger partial charge in [-0.1, -0.05) is 43.3 Å². The summed E-state index contributed by atoms with van der Waals surface area (Å²) in [5.74, 6) is -0.804. The largest absolute Gasteiger partial charge is 0.478 e. The van der Waals surface area contributed by atoms with Gasteiger partial charge in [0, 0.05) is 13.0 Å².